The molecule has 13 unspecified atom stereocenters. The Morgan fingerprint density at radius 1 is 0.541 bits per heavy atom. The van der Waals surface area contributed by atoms with E-state index in [4.69, 9.17) is 11.5 Å². The fourth-order valence-corrected chi connectivity index (χ4v) is 11.9. The molecule has 1 fully saturated rings. The van der Waals surface area contributed by atoms with Crippen LogP contribution in [-0.2, 0) is 96.0 Å². The van der Waals surface area contributed by atoms with Crippen LogP contribution in [0.1, 0.15) is 118 Å². The summed E-state index contributed by atoms with van der Waals surface area (Å²) in [5.41, 5.74) is 13.2. The number of aromatic amines is 2. The number of aromatic hydroxyl groups is 1. The molecule has 1 aliphatic rings. The second-order valence-electron chi connectivity index (χ2n) is 28.5. The number of aliphatic hydroxyl groups excluding tert-OH is 2. The van der Waals surface area contributed by atoms with Crippen molar-refractivity contribution in [2.75, 3.05) is 32.8 Å². The van der Waals surface area contributed by atoms with Crippen LogP contribution in [0.25, 0.3) is 10.9 Å². The molecule has 0 saturated carbocycles. The number of aliphatic hydroxyl groups is 2. The quantitative estimate of drug-likeness (QED) is 0.0197. The van der Waals surface area contributed by atoms with Gasteiger partial charge in [-0.1, -0.05) is 71.9 Å². The van der Waals surface area contributed by atoms with Crippen LogP contribution in [-0.4, -0.2) is 246 Å². The number of aromatic nitrogens is 3. The molecule has 111 heavy (non-hydrogen) atoms. The van der Waals surface area contributed by atoms with E-state index in [1.807, 2.05) is 0 Å². The van der Waals surface area contributed by atoms with E-state index in [1.165, 1.54) is 62.5 Å². The predicted octanol–water partition coefficient (Wildman–Crippen LogP) is -5.35. The van der Waals surface area contributed by atoms with Crippen LogP contribution in [0.15, 0.2) is 67.3 Å². The number of aliphatic carboxylic acids is 1. The number of hydrogen-bond donors (Lipinski definition) is 21. The fourth-order valence-electron chi connectivity index (χ4n) is 11.9. The smallest absolute Gasteiger partial charge is 0.325 e. The number of phenols is 1. The SMILES string of the molecule is CC(C)CC(NC(=O)C(CC(C)C)NC(=O)C(Cc1ccc(O)cc1)NC(=O)CNC(=O)C(C)NC(=O)C(CO)NC(=O)C(CC(N)=O)NC(=O)C(CC(C)C)NC(=O)C(NC(=O)C(Cc1c[nH]c2ccccc12)NC(=O)CN)C(C)O)C(=O)NCC(=O)N1CCCC1C(=O)NC(Cc1cnc[nH]1)C(=O)NC(C)C(=O)O. The van der Waals surface area contributed by atoms with Crippen LogP contribution in [0.4, 0.5) is 0 Å². The summed E-state index contributed by atoms with van der Waals surface area (Å²) in [6, 6.07) is -4.93. The Labute approximate surface area is 639 Å². The highest BCUT2D eigenvalue weighted by atomic mass is 16.4. The van der Waals surface area contributed by atoms with Gasteiger partial charge in [-0.25, -0.2) is 4.98 Å². The standard InChI is InChI=1S/C72H105N19O20/c1-35(2)21-47(62(100)78-32-59(98)91-20-12-15-55(91)70(108)87-52(26-43-30-75-34-79-43)63(101)81-39(8)72(110)111)84-64(102)48(22-36(3)4)85-66(104)50(24-41-16-18-44(94)19-17-41)83-58(97)31-77-61(99)38(7)80-69(107)54(33-92)89-67(105)53(27-56(74)95)86-65(103)49(23-37(5)6)88-71(109)60(40(9)93)90-68(106)51(82-57(96)28-73)25-42-29-76-46-14-11-10-13-45(42)46/h10-11,13-14,16-19,29-30,34-40,47-55,60,76,92-94H,12,15,20-28,31-33,73H2,1-9H3,(H2,74,95)(H,75,79)(H,77,99)(H,78,100)(H,80,107)(H,81,101)(H,82,96)(H,83,97)(H,84,102)(H,85,104)(H,86,103)(H,87,108)(H,88,109)(H,89,105)(H,90,106)(H,110,111). The van der Waals surface area contributed by atoms with Crippen LogP contribution < -0.4 is 80.6 Å². The van der Waals surface area contributed by atoms with E-state index in [9.17, 15) is 97.1 Å². The molecule has 0 aliphatic carbocycles. The number of carboxylic acids is 1. The molecule has 2 aromatic heterocycles. The van der Waals surface area contributed by atoms with Gasteiger partial charge in [0.2, 0.25) is 88.6 Å². The molecular weight excluding hydrogens is 1450 g/mol. The number of nitrogens with two attached hydrogens (primary N) is 2. The Morgan fingerprint density at radius 2 is 1.05 bits per heavy atom. The lowest BCUT2D eigenvalue weighted by Gasteiger charge is -2.28. The van der Waals surface area contributed by atoms with Gasteiger partial charge in [0, 0.05) is 54.8 Å². The number of imidazole rings is 1. The highest BCUT2D eigenvalue weighted by molar-refractivity contribution is 6.01. The van der Waals surface area contributed by atoms with Gasteiger partial charge in [-0.2, -0.15) is 0 Å². The van der Waals surface area contributed by atoms with Gasteiger partial charge in [-0.05, 0) is 100.0 Å². The minimum absolute atomic E-state index is 0.00667. The molecular formula is C72H105N19O20. The lowest BCUT2D eigenvalue weighted by molar-refractivity contribution is -0.142. The molecule has 0 spiro atoms. The second kappa shape index (κ2) is 43.5. The van der Waals surface area contributed by atoms with Crippen molar-refractivity contribution in [3.63, 3.8) is 0 Å². The second-order valence-corrected chi connectivity index (χ2v) is 28.5. The topological polar surface area (TPSA) is 610 Å². The number of primary amides is 1. The average Bonchev–Trinajstić information content (AvgIpc) is 1.71. The number of amides is 15. The molecule has 4 aromatic rings. The number of para-hydroxylation sites is 1. The third-order valence-electron chi connectivity index (χ3n) is 17.7. The number of H-pyrrole nitrogens is 2. The molecule has 15 amide bonds. The van der Waals surface area contributed by atoms with E-state index in [-0.39, 0.29) is 75.0 Å². The first kappa shape index (κ1) is 90.0. The number of fused-ring (bicyclic) bond motifs is 1. The van der Waals surface area contributed by atoms with E-state index in [1.54, 1.807) is 72.0 Å². The van der Waals surface area contributed by atoms with Gasteiger partial charge >= 0.3 is 5.97 Å². The van der Waals surface area contributed by atoms with Gasteiger partial charge < -0.3 is 116 Å². The molecule has 1 aliphatic heterocycles. The van der Waals surface area contributed by atoms with E-state index in [2.05, 4.69) is 84.1 Å². The Balaban J connectivity index is 1.20. The number of phenolic OH excluding ortho intramolecular Hbond substituents is 1. The lowest BCUT2D eigenvalue weighted by atomic mass is 9.99. The maximum atomic E-state index is 14.4. The lowest BCUT2D eigenvalue weighted by Crippen LogP contribution is -2.62. The van der Waals surface area contributed by atoms with Crippen molar-refractivity contribution < 1.29 is 97.1 Å². The molecule has 39 heteroatoms. The van der Waals surface area contributed by atoms with Crippen molar-refractivity contribution in [3.8, 4) is 5.75 Å². The van der Waals surface area contributed by atoms with Gasteiger partial charge in [0.1, 0.15) is 78.3 Å². The number of nitrogens with one attached hydrogen (secondary N) is 15. The Kier molecular flexibility index (Phi) is 35.3. The normalized spacial score (nSPS) is 15.9. The number of likely N-dealkylation sites (tertiary alicyclic amines) is 1. The van der Waals surface area contributed by atoms with E-state index in [0.29, 0.717) is 23.2 Å². The fraction of sp³-hybridized carbons (Fsp3) is 0.542. The molecule has 5 rings (SSSR count). The number of nitrogens with zero attached hydrogens (tertiary/aromatic N) is 2. The first-order valence-corrected chi connectivity index (χ1v) is 36.4. The van der Waals surface area contributed by atoms with Crippen molar-refractivity contribution >= 4 is 105 Å². The highest BCUT2D eigenvalue weighted by Crippen LogP contribution is 2.22. The zero-order chi connectivity index (χ0) is 82.5. The molecule has 3 heterocycles. The number of carbonyl (C=O) groups is 16. The summed E-state index contributed by atoms with van der Waals surface area (Å²) in [6.07, 6.45) is 1.96. The van der Waals surface area contributed by atoms with Crippen LogP contribution >= 0.6 is 0 Å². The van der Waals surface area contributed by atoms with Gasteiger partial charge in [0.25, 0.3) is 0 Å². The molecule has 2 aromatic carbocycles. The molecule has 39 nitrogen and oxygen atoms in total. The maximum Gasteiger partial charge on any atom is 0.325 e. The first-order valence-electron chi connectivity index (χ1n) is 36.4. The minimum Gasteiger partial charge on any atom is -0.508 e. The van der Waals surface area contributed by atoms with Crippen LogP contribution in [0.3, 0.4) is 0 Å². The first-order chi connectivity index (χ1) is 52.4. The number of carboxylic acid groups (broad SMARTS) is 1. The molecule has 608 valence electrons. The van der Waals surface area contributed by atoms with Crippen molar-refractivity contribution in [2.24, 2.45) is 29.2 Å². The van der Waals surface area contributed by atoms with Crippen LogP contribution in [0.2, 0.25) is 0 Å². The maximum absolute atomic E-state index is 14.4. The van der Waals surface area contributed by atoms with Gasteiger partial charge in [0.05, 0.1) is 45.1 Å². The zero-order valence-electron chi connectivity index (χ0n) is 63.4. The monoisotopic (exact) mass is 1560 g/mol. The van der Waals surface area contributed by atoms with Crippen molar-refractivity contribution in [1.29, 1.82) is 0 Å². The molecule has 13 atom stereocenters. The molecule has 23 N–H and O–H groups in total. The largest absolute Gasteiger partial charge is 0.508 e. The Bertz CT molecular complexity index is 3920. The summed E-state index contributed by atoms with van der Waals surface area (Å²) in [6.45, 7) is 11.0. The third kappa shape index (κ3) is 29.1. The third-order valence-corrected chi connectivity index (χ3v) is 17.7. The van der Waals surface area contributed by atoms with Gasteiger partial charge in [0.15, 0.2) is 0 Å². The Morgan fingerprint density at radius 3 is 1.61 bits per heavy atom. The summed E-state index contributed by atoms with van der Waals surface area (Å²) in [4.78, 5) is 227. The van der Waals surface area contributed by atoms with E-state index < -0.39 is 206 Å². The number of rotatable bonds is 44. The van der Waals surface area contributed by atoms with Crippen LogP contribution in [0, 0.1) is 17.8 Å². The predicted molar refractivity (Wildman–Crippen MR) is 397 cm³/mol. The van der Waals surface area contributed by atoms with E-state index >= 15 is 0 Å². The highest BCUT2D eigenvalue weighted by Gasteiger charge is 2.40. The van der Waals surface area contributed by atoms with Crippen molar-refractivity contribution in [1.82, 2.24) is 89.0 Å². The molecule has 0 radical (unpaired) electrons. The summed E-state index contributed by atoms with van der Waals surface area (Å²) in [7, 11) is 0. The average molecular weight is 1560 g/mol. The minimum atomic E-state index is -1.88. The number of hydrogen-bond acceptors (Lipinski definition) is 21. The van der Waals surface area contributed by atoms with Gasteiger partial charge in [-0.3, -0.25) is 76.7 Å². The van der Waals surface area contributed by atoms with Gasteiger partial charge in [-0.15, -0.1) is 0 Å². The Hall–Kier alpha value is -11.6. The summed E-state index contributed by atoms with van der Waals surface area (Å²) in [5.74, 6) is -16.3. The number of carbonyl (C=O) groups excluding carboxylic acids is 15. The van der Waals surface area contributed by atoms with Crippen molar-refractivity contribution in [3.05, 3.63) is 84.1 Å². The summed E-state index contributed by atoms with van der Waals surface area (Å²) < 4.78 is 0. The summed E-state index contributed by atoms with van der Waals surface area (Å²) >= 11 is 0. The van der Waals surface area contributed by atoms with Crippen LogP contribution in [0.5, 0.6) is 5.75 Å². The molecule has 1 saturated heterocycles. The molecule has 0 bridgehead atoms. The van der Waals surface area contributed by atoms with Crippen molar-refractivity contribution in [2.45, 2.75) is 199 Å². The number of benzene rings is 2. The zero-order valence-corrected chi connectivity index (χ0v) is 63.4. The van der Waals surface area contributed by atoms with E-state index in [0.717, 1.165) is 10.9 Å². The summed E-state index contributed by atoms with van der Waals surface area (Å²) in [5, 5.41) is 73.1.